The van der Waals surface area contributed by atoms with Gasteiger partial charge < -0.3 is 19.0 Å². The van der Waals surface area contributed by atoms with E-state index in [4.69, 9.17) is 19.0 Å². The number of nitrogens with two attached hydrogens (primary N) is 1. The van der Waals surface area contributed by atoms with Crippen molar-refractivity contribution in [3.8, 4) is 0 Å². The molecule has 1 aromatic carbocycles. The van der Waals surface area contributed by atoms with E-state index < -0.39 is 15.0 Å². The molecule has 1 aromatic rings. The van der Waals surface area contributed by atoms with Crippen LogP contribution in [0.4, 0.5) is 0 Å². The molecule has 0 heterocycles. The van der Waals surface area contributed by atoms with Gasteiger partial charge in [-0.25, -0.2) is 0 Å². The van der Waals surface area contributed by atoms with E-state index in [1.54, 1.807) is 14.2 Å². The zero-order chi connectivity index (χ0) is 13.4. The Morgan fingerprint density at radius 1 is 1.17 bits per heavy atom. The third-order valence-electron chi connectivity index (χ3n) is 2.89. The summed E-state index contributed by atoms with van der Waals surface area (Å²) in [6, 6.07) is 10.5. The monoisotopic (exact) mass is 269 g/mol. The van der Waals surface area contributed by atoms with Crippen LogP contribution in [0.1, 0.15) is 31.6 Å². The lowest BCUT2D eigenvalue weighted by molar-refractivity contribution is 0.0566. The molecule has 0 fully saturated rings. The Balaban J connectivity index is 2.71. The zero-order valence-electron chi connectivity index (χ0n) is 11.4. The Labute approximate surface area is 110 Å². The Morgan fingerprint density at radius 2 is 1.78 bits per heavy atom. The van der Waals surface area contributed by atoms with Crippen LogP contribution in [0, 0.1) is 0 Å². The van der Waals surface area contributed by atoms with Crippen LogP contribution < -0.4 is 5.73 Å². The summed E-state index contributed by atoms with van der Waals surface area (Å²) in [5.74, 6) is 0. The van der Waals surface area contributed by atoms with Crippen molar-refractivity contribution in [2.75, 3.05) is 14.2 Å². The minimum absolute atomic E-state index is 0.505. The highest BCUT2D eigenvalue weighted by atomic mass is 28.4. The van der Waals surface area contributed by atoms with Crippen molar-refractivity contribution in [3.05, 3.63) is 35.9 Å². The smallest absolute Gasteiger partial charge is 0.377 e. The summed E-state index contributed by atoms with van der Waals surface area (Å²) in [7, 11) is 0.621. The van der Waals surface area contributed by atoms with Gasteiger partial charge in [0, 0.05) is 20.3 Å². The van der Waals surface area contributed by atoms with Crippen molar-refractivity contribution in [3.63, 3.8) is 0 Å². The standard InChI is InChI=1S/C13H23NO3Si/c1-4-5-11-18(15-2,16-3)17-13(14)12-9-7-6-8-10-12/h6-10,13H,4-5,11,14H2,1-3H3. The van der Waals surface area contributed by atoms with Gasteiger partial charge in [0.2, 0.25) is 0 Å². The van der Waals surface area contributed by atoms with Crippen molar-refractivity contribution >= 4 is 8.80 Å². The van der Waals surface area contributed by atoms with Crippen LogP contribution in [-0.2, 0) is 13.3 Å². The second-order valence-corrected chi connectivity index (χ2v) is 7.06. The van der Waals surface area contributed by atoms with Crippen LogP contribution >= 0.6 is 0 Å². The Bertz CT molecular complexity index is 330. The number of hydrogen-bond acceptors (Lipinski definition) is 4. The van der Waals surface area contributed by atoms with Gasteiger partial charge in [-0.1, -0.05) is 43.7 Å². The average molecular weight is 269 g/mol. The third-order valence-corrected chi connectivity index (χ3v) is 5.72. The molecule has 1 rings (SSSR count). The first-order chi connectivity index (χ1) is 8.67. The first-order valence-electron chi connectivity index (χ1n) is 6.26. The molecule has 0 aromatic heterocycles. The predicted molar refractivity (Wildman–Crippen MR) is 73.9 cm³/mol. The van der Waals surface area contributed by atoms with Crippen LogP contribution in [0.3, 0.4) is 0 Å². The topological polar surface area (TPSA) is 53.7 Å². The molecule has 2 N–H and O–H groups in total. The molecule has 0 radical (unpaired) electrons. The zero-order valence-corrected chi connectivity index (χ0v) is 12.4. The van der Waals surface area contributed by atoms with E-state index in [1.807, 2.05) is 30.3 Å². The van der Waals surface area contributed by atoms with E-state index in [1.165, 1.54) is 0 Å². The van der Waals surface area contributed by atoms with Crippen molar-refractivity contribution in [1.82, 2.24) is 0 Å². The van der Waals surface area contributed by atoms with Gasteiger partial charge in [-0.3, -0.25) is 0 Å². The van der Waals surface area contributed by atoms with Gasteiger partial charge in [0.25, 0.3) is 0 Å². The molecule has 0 aliphatic carbocycles. The summed E-state index contributed by atoms with van der Waals surface area (Å²) < 4.78 is 16.9. The Kier molecular flexibility index (Phi) is 6.52. The van der Waals surface area contributed by atoms with Crippen molar-refractivity contribution in [1.29, 1.82) is 0 Å². The van der Waals surface area contributed by atoms with Crippen molar-refractivity contribution in [2.24, 2.45) is 5.73 Å². The Morgan fingerprint density at radius 3 is 2.28 bits per heavy atom. The molecule has 0 aliphatic heterocycles. The van der Waals surface area contributed by atoms with Crippen molar-refractivity contribution < 1.29 is 13.3 Å². The minimum atomic E-state index is -2.64. The first kappa shape index (κ1) is 15.3. The van der Waals surface area contributed by atoms with Crippen LogP contribution in [0.2, 0.25) is 6.04 Å². The van der Waals surface area contributed by atoms with Gasteiger partial charge in [0.15, 0.2) is 0 Å². The van der Waals surface area contributed by atoms with E-state index >= 15 is 0 Å². The highest BCUT2D eigenvalue weighted by Gasteiger charge is 2.40. The second kappa shape index (κ2) is 7.65. The highest BCUT2D eigenvalue weighted by molar-refractivity contribution is 6.60. The van der Waals surface area contributed by atoms with E-state index in [-0.39, 0.29) is 0 Å². The molecule has 0 saturated carbocycles. The lowest BCUT2D eigenvalue weighted by Crippen LogP contribution is -2.46. The second-order valence-electron chi connectivity index (χ2n) is 4.14. The third kappa shape index (κ3) is 4.19. The summed E-state index contributed by atoms with van der Waals surface area (Å²) >= 11 is 0. The fraction of sp³-hybridized carbons (Fsp3) is 0.538. The van der Waals surface area contributed by atoms with Gasteiger partial charge in [-0.2, -0.15) is 0 Å². The van der Waals surface area contributed by atoms with Gasteiger partial charge in [0.05, 0.1) is 0 Å². The number of hydrogen-bond donors (Lipinski definition) is 1. The first-order valence-corrected chi connectivity index (χ1v) is 8.19. The lowest BCUT2D eigenvalue weighted by Gasteiger charge is -2.29. The predicted octanol–water partition coefficient (Wildman–Crippen LogP) is 2.69. The number of benzene rings is 1. The molecule has 0 saturated heterocycles. The molecular formula is C13H23NO3Si. The molecule has 1 atom stereocenters. The number of unbranched alkanes of at least 4 members (excludes halogenated alkanes) is 1. The SMILES string of the molecule is CCCC[Si](OC)(OC)OC(N)c1ccccc1. The molecule has 102 valence electrons. The molecule has 5 heteroatoms. The maximum atomic E-state index is 6.06. The minimum Gasteiger partial charge on any atom is -0.377 e. The molecular weight excluding hydrogens is 246 g/mol. The van der Waals surface area contributed by atoms with Gasteiger partial charge in [-0.05, 0) is 12.0 Å². The van der Waals surface area contributed by atoms with E-state index in [2.05, 4.69) is 6.92 Å². The summed E-state index contributed by atoms with van der Waals surface area (Å²) in [5, 5.41) is 0. The molecule has 4 nitrogen and oxygen atoms in total. The van der Waals surface area contributed by atoms with E-state index in [9.17, 15) is 0 Å². The largest absolute Gasteiger partial charge is 0.501 e. The highest BCUT2D eigenvalue weighted by Crippen LogP contribution is 2.23. The Hall–Kier alpha value is -0.723. The molecule has 0 spiro atoms. The van der Waals surface area contributed by atoms with Crippen LogP contribution in [0.25, 0.3) is 0 Å². The number of rotatable bonds is 8. The summed E-state index contributed by atoms with van der Waals surface area (Å²) in [6.07, 6.45) is 1.58. The normalized spacial score (nSPS) is 13.6. The van der Waals surface area contributed by atoms with Gasteiger partial charge >= 0.3 is 8.80 Å². The summed E-state index contributed by atoms with van der Waals surface area (Å²) in [6.45, 7) is 2.13. The maximum Gasteiger partial charge on any atom is 0.501 e. The van der Waals surface area contributed by atoms with Crippen LogP contribution in [-0.4, -0.2) is 23.0 Å². The lowest BCUT2D eigenvalue weighted by atomic mass is 10.2. The van der Waals surface area contributed by atoms with E-state index in [0.717, 1.165) is 24.4 Å². The summed E-state index contributed by atoms with van der Waals surface area (Å²) in [5.41, 5.74) is 6.99. The maximum absolute atomic E-state index is 6.06. The van der Waals surface area contributed by atoms with Gasteiger partial charge in [-0.15, -0.1) is 0 Å². The molecule has 0 aliphatic rings. The quantitative estimate of drug-likeness (QED) is 0.582. The fourth-order valence-corrected chi connectivity index (χ4v) is 3.93. The molecule has 18 heavy (non-hydrogen) atoms. The van der Waals surface area contributed by atoms with Gasteiger partial charge in [0.1, 0.15) is 6.23 Å². The van der Waals surface area contributed by atoms with Crippen LogP contribution in [0.5, 0.6) is 0 Å². The molecule has 0 amide bonds. The van der Waals surface area contributed by atoms with Crippen molar-refractivity contribution in [2.45, 2.75) is 32.0 Å². The fourth-order valence-electron chi connectivity index (χ4n) is 1.74. The summed E-state index contributed by atoms with van der Waals surface area (Å²) in [4.78, 5) is 0. The van der Waals surface area contributed by atoms with Crippen LogP contribution in [0.15, 0.2) is 30.3 Å². The average Bonchev–Trinajstić information content (AvgIpc) is 2.44. The molecule has 1 unspecified atom stereocenters. The van der Waals surface area contributed by atoms with E-state index in [0.29, 0.717) is 0 Å². The molecule has 0 bridgehead atoms.